The number of hydrogen-bond donors (Lipinski definition) is 2. The minimum Gasteiger partial charge on any atom is -0.483 e. The number of aromatic nitrogens is 6. The number of alkyl halides is 6. The van der Waals surface area contributed by atoms with Crippen LogP contribution in [0.4, 0.5) is 35.1 Å². The third-order valence-electron chi connectivity index (χ3n) is 7.55. The van der Waals surface area contributed by atoms with Crippen molar-refractivity contribution in [1.29, 1.82) is 0 Å². The van der Waals surface area contributed by atoms with Crippen molar-refractivity contribution in [1.82, 2.24) is 29.5 Å². The van der Waals surface area contributed by atoms with Crippen molar-refractivity contribution in [2.45, 2.75) is 12.4 Å². The molecule has 0 atom stereocenters. The van der Waals surface area contributed by atoms with E-state index in [1.807, 2.05) is 0 Å². The van der Waals surface area contributed by atoms with E-state index in [2.05, 4.69) is 20.2 Å². The van der Waals surface area contributed by atoms with Gasteiger partial charge in [0.05, 0.1) is 0 Å². The molecule has 0 aliphatic carbocycles. The van der Waals surface area contributed by atoms with Crippen molar-refractivity contribution in [3.8, 4) is 56.5 Å². The van der Waals surface area contributed by atoms with Crippen LogP contribution in [-0.2, 0) is 14.1 Å². The number of halogens is 8. The highest BCUT2D eigenvalue weighted by Crippen LogP contribution is 2.36. The number of rotatable bonds is 10. The first-order valence-corrected chi connectivity index (χ1v) is 15.9. The molecular weight excluding hydrogens is 760 g/mol. The van der Waals surface area contributed by atoms with Crippen LogP contribution in [0.25, 0.3) is 45.0 Å². The second-order valence-electron chi connectivity index (χ2n) is 11.7. The molecule has 0 unspecified atom stereocenters. The Morgan fingerprint density at radius 1 is 0.625 bits per heavy atom. The standard InChI is InChI=1S/2C18H14F4N4O2/c1-26-17(24-16(25-26)15(23)27)10-6-7-13(19)12(8-10)11-4-2-3-5-14(11)28-9-18(20,21)22;1-26-17(15(23)27)24-16(25-26)10-6-7-13(19)12(8-10)11-4-2-3-5-14(11)28-9-18(20,21)22/h2*2-8H,9H2,1H3,(H2,23,27). The van der Waals surface area contributed by atoms with E-state index in [1.54, 1.807) is 12.1 Å². The molecule has 0 aliphatic heterocycles. The quantitative estimate of drug-likeness (QED) is 0.146. The highest BCUT2D eigenvalue weighted by Gasteiger charge is 2.30. The maximum absolute atomic E-state index is 14.5. The Bertz CT molecular complexity index is 2390. The Morgan fingerprint density at radius 3 is 1.55 bits per heavy atom. The van der Waals surface area contributed by atoms with Crippen LogP contribution in [0.1, 0.15) is 21.2 Å². The SMILES string of the molecule is Cn1nc(-c2ccc(F)c(-c3ccccc3OCC(F)(F)F)c2)nc1C(N)=O.Cn1nc(C(N)=O)nc1-c1ccc(F)c(-c2ccccc2OCC(F)(F)F)c1. The zero-order chi connectivity index (χ0) is 40.9. The van der Waals surface area contributed by atoms with Crippen molar-refractivity contribution in [2.75, 3.05) is 13.2 Å². The Balaban J connectivity index is 0.000000214. The van der Waals surface area contributed by atoms with Gasteiger partial charge in [-0.25, -0.2) is 28.1 Å². The van der Waals surface area contributed by atoms with Crippen molar-refractivity contribution in [2.24, 2.45) is 25.6 Å². The summed E-state index contributed by atoms with van der Waals surface area (Å²) in [5.74, 6) is -3.12. The Labute approximate surface area is 311 Å². The summed E-state index contributed by atoms with van der Waals surface area (Å²) >= 11 is 0. The van der Waals surface area contributed by atoms with Gasteiger partial charge in [0, 0.05) is 47.5 Å². The predicted molar refractivity (Wildman–Crippen MR) is 184 cm³/mol. The van der Waals surface area contributed by atoms with Crippen LogP contribution in [-0.4, -0.2) is 66.9 Å². The Hall–Kier alpha value is -6.86. The highest BCUT2D eigenvalue weighted by molar-refractivity contribution is 5.90. The third kappa shape index (κ3) is 9.81. The van der Waals surface area contributed by atoms with Crippen LogP contribution in [0.15, 0.2) is 84.9 Å². The molecule has 0 radical (unpaired) electrons. The lowest BCUT2D eigenvalue weighted by molar-refractivity contribution is -0.154. The molecule has 0 aliphatic rings. The molecule has 2 aromatic heterocycles. The molecule has 0 saturated heterocycles. The van der Waals surface area contributed by atoms with E-state index >= 15 is 0 Å². The van der Waals surface area contributed by atoms with Crippen molar-refractivity contribution in [3.05, 3.63) is 108 Å². The zero-order valence-corrected chi connectivity index (χ0v) is 29.0. The van der Waals surface area contributed by atoms with E-state index in [1.165, 1.54) is 84.1 Å². The van der Waals surface area contributed by atoms with Crippen LogP contribution < -0.4 is 20.9 Å². The third-order valence-corrected chi connectivity index (χ3v) is 7.55. The summed E-state index contributed by atoms with van der Waals surface area (Å²) in [6.45, 7) is -3.01. The molecule has 292 valence electrons. The smallest absolute Gasteiger partial charge is 0.422 e. The number of hydrogen-bond acceptors (Lipinski definition) is 8. The van der Waals surface area contributed by atoms with Crippen LogP contribution in [0.5, 0.6) is 11.5 Å². The first-order chi connectivity index (χ1) is 26.3. The lowest BCUT2D eigenvalue weighted by atomic mass is 10.0. The first-order valence-electron chi connectivity index (χ1n) is 15.9. The van der Waals surface area contributed by atoms with Gasteiger partial charge in [-0.2, -0.15) is 31.4 Å². The molecule has 4 aromatic carbocycles. The van der Waals surface area contributed by atoms with Gasteiger partial charge in [-0.05, 0) is 48.5 Å². The van der Waals surface area contributed by atoms with Gasteiger partial charge in [-0.3, -0.25) is 9.59 Å². The molecule has 2 heterocycles. The van der Waals surface area contributed by atoms with E-state index in [4.69, 9.17) is 20.9 Å². The molecule has 56 heavy (non-hydrogen) atoms. The fraction of sp³-hybridized carbons (Fsp3) is 0.167. The fourth-order valence-corrected chi connectivity index (χ4v) is 5.15. The van der Waals surface area contributed by atoms with Gasteiger partial charge in [-0.15, -0.1) is 5.10 Å². The fourth-order valence-electron chi connectivity index (χ4n) is 5.15. The molecule has 0 bridgehead atoms. The molecular formula is C36H28F8N8O4. The molecule has 6 aromatic rings. The molecule has 6 rings (SSSR count). The minimum atomic E-state index is -4.53. The van der Waals surface area contributed by atoms with Crippen LogP contribution >= 0.6 is 0 Å². The number of ether oxygens (including phenoxy) is 2. The molecule has 2 amide bonds. The lowest BCUT2D eigenvalue weighted by Crippen LogP contribution is -2.19. The van der Waals surface area contributed by atoms with Gasteiger partial charge >= 0.3 is 12.4 Å². The first kappa shape index (κ1) is 40.3. The highest BCUT2D eigenvalue weighted by atomic mass is 19.4. The molecule has 0 saturated carbocycles. The average molecular weight is 789 g/mol. The van der Waals surface area contributed by atoms with E-state index in [9.17, 15) is 44.7 Å². The number of para-hydroxylation sites is 2. The number of primary amides is 2. The average Bonchev–Trinajstić information content (AvgIpc) is 3.73. The number of benzene rings is 4. The number of aryl methyl sites for hydroxylation is 2. The Morgan fingerprint density at radius 2 is 1.11 bits per heavy atom. The second-order valence-corrected chi connectivity index (χ2v) is 11.7. The van der Waals surface area contributed by atoms with Crippen LogP contribution in [0.3, 0.4) is 0 Å². The van der Waals surface area contributed by atoms with E-state index in [-0.39, 0.29) is 57.1 Å². The van der Waals surface area contributed by atoms with Gasteiger partial charge in [0.2, 0.25) is 11.6 Å². The van der Waals surface area contributed by atoms with Crippen LogP contribution in [0, 0.1) is 11.6 Å². The summed E-state index contributed by atoms with van der Waals surface area (Å²) < 4.78 is 116. The summed E-state index contributed by atoms with van der Waals surface area (Å²) in [5.41, 5.74) is 11.4. The number of carbonyl (C=O) groups excluding carboxylic acids is 2. The number of amides is 2. The van der Waals surface area contributed by atoms with E-state index in [0.717, 1.165) is 12.1 Å². The van der Waals surface area contributed by atoms with Gasteiger partial charge in [0.15, 0.2) is 24.9 Å². The number of carbonyl (C=O) groups is 2. The lowest BCUT2D eigenvalue weighted by Gasteiger charge is -2.14. The normalized spacial score (nSPS) is 11.5. The molecule has 12 nitrogen and oxygen atoms in total. The van der Waals surface area contributed by atoms with E-state index < -0.39 is 49.0 Å². The van der Waals surface area contributed by atoms with Gasteiger partial charge < -0.3 is 20.9 Å². The second kappa shape index (κ2) is 16.2. The monoisotopic (exact) mass is 788 g/mol. The van der Waals surface area contributed by atoms with Gasteiger partial charge in [0.25, 0.3) is 11.8 Å². The zero-order valence-electron chi connectivity index (χ0n) is 29.0. The number of nitrogens with zero attached hydrogens (tertiary/aromatic N) is 6. The molecule has 20 heteroatoms. The summed E-state index contributed by atoms with van der Waals surface area (Å²) in [4.78, 5) is 30.6. The van der Waals surface area contributed by atoms with Gasteiger partial charge in [0.1, 0.15) is 23.1 Å². The summed E-state index contributed by atoms with van der Waals surface area (Å²) in [6.07, 6.45) is -9.06. The van der Waals surface area contributed by atoms with Crippen LogP contribution in [0.2, 0.25) is 0 Å². The van der Waals surface area contributed by atoms with Crippen molar-refractivity contribution in [3.63, 3.8) is 0 Å². The maximum atomic E-state index is 14.5. The summed E-state index contributed by atoms with van der Waals surface area (Å²) in [5, 5.41) is 7.93. The van der Waals surface area contributed by atoms with Gasteiger partial charge in [-0.1, -0.05) is 36.4 Å². The van der Waals surface area contributed by atoms with Crippen molar-refractivity contribution >= 4 is 11.8 Å². The minimum absolute atomic E-state index is 0.00310. The predicted octanol–water partition coefficient (Wildman–Crippen LogP) is 6.66. The largest absolute Gasteiger partial charge is 0.483 e. The van der Waals surface area contributed by atoms with Crippen molar-refractivity contribution < 1.29 is 54.2 Å². The maximum Gasteiger partial charge on any atom is 0.422 e. The number of nitrogens with two attached hydrogens (primary N) is 2. The van der Waals surface area contributed by atoms with E-state index in [0.29, 0.717) is 11.1 Å². The molecule has 0 spiro atoms. The molecule has 4 N–H and O–H groups in total. The summed E-state index contributed by atoms with van der Waals surface area (Å²) in [6, 6.07) is 19.4. The summed E-state index contributed by atoms with van der Waals surface area (Å²) in [7, 11) is 3.00. The topological polar surface area (TPSA) is 166 Å². The molecule has 0 fully saturated rings. The Kier molecular flexibility index (Phi) is 11.7.